The minimum atomic E-state index is -0.577. The first-order valence-electron chi connectivity index (χ1n) is 11.6. The summed E-state index contributed by atoms with van der Waals surface area (Å²) in [5.74, 6) is -0.0881. The fraction of sp³-hybridized carbons (Fsp3) is 0.296. The number of hydrogen-bond donors (Lipinski definition) is 1. The van der Waals surface area contributed by atoms with Crippen LogP contribution in [0.3, 0.4) is 0 Å². The number of para-hydroxylation sites is 1. The molecule has 1 fully saturated rings. The van der Waals surface area contributed by atoms with E-state index in [1.54, 1.807) is 17.9 Å². The molecular weight excluding hydrogens is 430 g/mol. The van der Waals surface area contributed by atoms with Gasteiger partial charge in [0.25, 0.3) is 5.91 Å². The molecule has 0 spiro atoms. The highest BCUT2D eigenvalue weighted by atomic mass is 16.5. The summed E-state index contributed by atoms with van der Waals surface area (Å²) in [6.07, 6.45) is 10.3. The van der Waals surface area contributed by atoms with Gasteiger partial charge in [0.1, 0.15) is 5.75 Å². The number of benzene rings is 2. The van der Waals surface area contributed by atoms with E-state index in [1.807, 2.05) is 60.8 Å². The molecule has 1 aliphatic rings. The van der Waals surface area contributed by atoms with Crippen molar-refractivity contribution in [2.24, 2.45) is 0 Å². The smallest absolute Gasteiger partial charge is 0.331 e. The molecule has 1 aliphatic carbocycles. The minimum Gasteiger partial charge on any atom is -0.497 e. The molecule has 1 N–H and O–H groups in total. The molecule has 1 heterocycles. The van der Waals surface area contributed by atoms with Crippen LogP contribution in [0.25, 0.3) is 23.0 Å². The number of esters is 1. The van der Waals surface area contributed by atoms with E-state index in [-0.39, 0.29) is 18.6 Å². The summed E-state index contributed by atoms with van der Waals surface area (Å²) in [5, 5.41) is 7.68. The van der Waals surface area contributed by atoms with Gasteiger partial charge in [0, 0.05) is 29.4 Å². The lowest BCUT2D eigenvalue weighted by molar-refractivity contribution is -0.144. The summed E-state index contributed by atoms with van der Waals surface area (Å²) in [6, 6.07) is 17.5. The number of ether oxygens (including phenoxy) is 2. The van der Waals surface area contributed by atoms with E-state index in [0.717, 1.165) is 48.2 Å². The number of aromatic nitrogens is 2. The summed E-state index contributed by atoms with van der Waals surface area (Å²) in [4.78, 5) is 24.4. The zero-order chi connectivity index (χ0) is 23.8. The van der Waals surface area contributed by atoms with Crippen LogP contribution in [0.1, 0.15) is 37.7 Å². The molecule has 34 heavy (non-hydrogen) atoms. The van der Waals surface area contributed by atoms with Gasteiger partial charge in [-0.05, 0) is 55.3 Å². The quantitative estimate of drug-likeness (QED) is 0.395. The molecule has 0 aliphatic heterocycles. The van der Waals surface area contributed by atoms with Crippen LogP contribution in [0.5, 0.6) is 5.75 Å². The van der Waals surface area contributed by atoms with E-state index in [4.69, 9.17) is 14.6 Å². The van der Waals surface area contributed by atoms with Crippen molar-refractivity contribution in [2.75, 3.05) is 13.7 Å². The number of hydrogen-bond acceptors (Lipinski definition) is 5. The maximum Gasteiger partial charge on any atom is 0.331 e. The fourth-order valence-corrected chi connectivity index (χ4v) is 4.05. The molecule has 0 radical (unpaired) electrons. The Balaban J connectivity index is 1.46. The Labute approximate surface area is 199 Å². The van der Waals surface area contributed by atoms with E-state index in [1.165, 1.54) is 12.5 Å². The Kier molecular flexibility index (Phi) is 7.75. The van der Waals surface area contributed by atoms with E-state index in [2.05, 4.69) is 5.32 Å². The van der Waals surface area contributed by atoms with Gasteiger partial charge in [-0.3, -0.25) is 4.79 Å². The third kappa shape index (κ3) is 6.13. The molecule has 0 bridgehead atoms. The molecule has 1 amide bonds. The van der Waals surface area contributed by atoms with Crippen molar-refractivity contribution in [3.63, 3.8) is 0 Å². The van der Waals surface area contributed by atoms with Crippen LogP contribution in [-0.4, -0.2) is 41.4 Å². The Morgan fingerprint density at radius 2 is 1.79 bits per heavy atom. The summed E-state index contributed by atoms with van der Waals surface area (Å²) >= 11 is 0. The zero-order valence-corrected chi connectivity index (χ0v) is 19.3. The first-order valence-corrected chi connectivity index (χ1v) is 11.6. The third-order valence-corrected chi connectivity index (χ3v) is 5.84. The van der Waals surface area contributed by atoms with Crippen molar-refractivity contribution in [2.45, 2.75) is 38.1 Å². The van der Waals surface area contributed by atoms with Crippen LogP contribution in [0.4, 0.5) is 0 Å². The van der Waals surface area contributed by atoms with Gasteiger partial charge in [-0.1, -0.05) is 37.5 Å². The molecule has 176 valence electrons. The Morgan fingerprint density at radius 3 is 2.50 bits per heavy atom. The number of rotatable bonds is 8. The Hall–Kier alpha value is -3.87. The third-order valence-electron chi connectivity index (χ3n) is 5.84. The van der Waals surface area contributed by atoms with E-state index in [9.17, 15) is 9.59 Å². The molecule has 4 rings (SSSR count). The van der Waals surface area contributed by atoms with Crippen molar-refractivity contribution >= 4 is 18.0 Å². The first kappa shape index (κ1) is 23.3. The number of amides is 1. The second-order valence-corrected chi connectivity index (χ2v) is 8.29. The Morgan fingerprint density at radius 1 is 1.06 bits per heavy atom. The summed E-state index contributed by atoms with van der Waals surface area (Å²) in [5.41, 5.74) is 3.25. The lowest BCUT2D eigenvalue weighted by Gasteiger charge is -2.22. The lowest BCUT2D eigenvalue weighted by atomic mass is 9.95. The van der Waals surface area contributed by atoms with Crippen LogP contribution in [0, 0.1) is 0 Å². The van der Waals surface area contributed by atoms with Crippen molar-refractivity contribution in [1.82, 2.24) is 15.1 Å². The van der Waals surface area contributed by atoms with Crippen molar-refractivity contribution in [3.8, 4) is 22.7 Å². The molecule has 0 saturated heterocycles. The van der Waals surface area contributed by atoms with Gasteiger partial charge in [0.15, 0.2) is 6.61 Å². The largest absolute Gasteiger partial charge is 0.497 e. The number of carbonyl (C=O) groups excluding carboxylic acids is 2. The zero-order valence-electron chi connectivity index (χ0n) is 19.3. The maximum absolute atomic E-state index is 12.3. The lowest BCUT2D eigenvalue weighted by Crippen LogP contribution is -2.38. The first-order chi connectivity index (χ1) is 16.6. The minimum absolute atomic E-state index is 0.186. The summed E-state index contributed by atoms with van der Waals surface area (Å²) in [6.45, 7) is -0.283. The SMILES string of the molecule is COc1ccc(-c2nn(-c3ccccc3)cc2/C=C/C(=O)OCC(=O)NC2CCCCC2)cc1. The maximum atomic E-state index is 12.3. The van der Waals surface area contributed by atoms with Gasteiger partial charge in [0.05, 0.1) is 18.5 Å². The molecule has 7 heteroatoms. The highest BCUT2D eigenvalue weighted by molar-refractivity contribution is 5.90. The number of nitrogens with zero attached hydrogens (tertiary/aromatic N) is 2. The summed E-state index contributed by atoms with van der Waals surface area (Å²) < 4.78 is 12.2. The number of carbonyl (C=O) groups is 2. The van der Waals surface area contributed by atoms with Gasteiger partial charge in [0.2, 0.25) is 0 Å². The van der Waals surface area contributed by atoms with E-state index in [0.29, 0.717) is 5.69 Å². The molecule has 0 atom stereocenters. The second-order valence-electron chi connectivity index (χ2n) is 8.29. The van der Waals surface area contributed by atoms with Crippen LogP contribution in [-0.2, 0) is 14.3 Å². The molecule has 3 aromatic rings. The topological polar surface area (TPSA) is 82.5 Å². The molecule has 1 saturated carbocycles. The second kappa shape index (κ2) is 11.3. The molecule has 1 aromatic heterocycles. The fourth-order valence-electron chi connectivity index (χ4n) is 4.05. The average molecular weight is 460 g/mol. The van der Waals surface area contributed by atoms with Gasteiger partial charge in [-0.25, -0.2) is 9.48 Å². The Bertz CT molecular complexity index is 1130. The van der Waals surface area contributed by atoms with Crippen LogP contribution < -0.4 is 10.1 Å². The van der Waals surface area contributed by atoms with Crippen LogP contribution in [0.15, 0.2) is 66.9 Å². The highest BCUT2D eigenvalue weighted by Crippen LogP contribution is 2.26. The highest BCUT2D eigenvalue weighted by Gasteiger charge is 2.16. The van der Waals surface area contributed by atoms with Gasteiger partial charge in [-0.15, -0.1) is 0 Å². The summed E-state index contributed by atoms with van der Waals surface area (Å²) in [7, 11) is 1.62. The number of methoxy groups -OCH3 is 1. The van der Waals surface area contributed by atoms with Gasteiger partial charge >= 0.3 is 5.97 Å². The number of nitrogens with one attached hydrogen (secondary N) is 1. The predicted octanol–water partition coefficient (Wildman–Crippen LogP) is 4.55. The predicted molar refractivity (Wildman–Crippen MR) is 131 cm³/mol. The van der Waals surface area contributed by atoms with Crippen molar-refractivity contribution in [1.29, 1.82) is 0 Å². The normalized spacial score (nSPS) is 14.1. The molecule has 7 nitrogen and oxygen atoms in total. The molecule has 0 unspecified atom stereocenters. The van der Waals surface area contributed by atoms with Crippen molar-refractivity contribution < 1.29 is 19.1 Å². The van der Waals surface area contributed by atoms with Gasteiger partial charge < -0.3 is 14.8 Å². The van der Waals surface area contributed by atoms with Crippen molar-refractivity contribution in [3.05, 3.63) is 72.4 Å². The monoisotopic (exact) mass is 459 g/mol. The van der Waals surface area contributed by atoms with E-state index < -0.39 is 5.97 Å². The standard InChI is InChI=1S/C27H29N3O4/c1-33-24-15-12-20(13-16-24)27-21(18-30(29-27)23-10-6-3-7-11-23)14-17-26(32)34-19-25(31)28-22-8-4-2-5-9-22/h3,6-7,10-18,22H,2,4-5,8-9,19H2,1H3,(H,28,31)/b17-14+. The van der Waals surface area contributed by atoms with Crippen LogP contribution in [0.2, 0.25) is 0 Å². The van der Waals surface area contributed by atoms with Gasteiger partial charge in [-0.2, -0.15) is 5.10 Å². The molecular formula is C27H29N3O4. The van der Waals surface area contributed by atoms with E-state index >= 15 is 0 Å². The molecule has 2 aromatic carbocycles. The average Bonchev–Trinajstić information content (AvgIpc) is 3.32. The van der Waals surface area contributed by atoms with Crippen LogP contribution >= 0.6 is 0 Å².